The highest BCUT2D eigenvalue weighted by Crippen LogP contribution is 2.55. The van der Waals surface area contributed by atoms with Gasteiger partial charge in [0.05, 0.1) is 13.2 Å². The van der Waals surface area contributed by atoms with Gasteiger partial charge in [0.1, 0.15) is 12.4 Å². The van der Waals surface area contributed by atoms with Crippen LogP contribution >= 0.6 is 0 Å². The molecule has 1 aromatic rings. The largest absolute Gasteiger partial charge is 0.497 e. The third kappa shape index (κ3) is 5.60. The van der Waals surface area contributed by atoms with Gasteiger partial charge in [0.2, 0.25) is 0 Å². The Morgan fingerprint density at radius 1 is 0.759 bits per heavy atom. The zero-order chi connectivity index (χ0) is 22.9. The molecule has 0 aliphatic rings. The number of rotatable bonds is 8. The van der Waals surface area contributed by atoms with E-state index >= 15 is 0 Å². The Bertz CT molecular complexity index is 663. The van der Waals surface area contributed by atoms with E-state index in [0.29, 0.717) is 0 Å². The van der Waals surface area contributed by atoms with Crippen LogP contribution in [-0.4, -0.2) is 43.8 Å². The molecule has 1 unspecified atom stereocenters. The van der Waals surface area contributed by atoms with Crippen LogP contribution < -0.4 is 4.74 Å². The molecule has 0 N–H and O–H groups in total. The average molecular weight is 452 g/mol. The van der Waals surface area contributed by atoms with Crippen molar-refractivity contribution in [3.8, 4) is 5.75 Å². The van der Waals surface area contributed by atoms with Gasteiger partial charge >= 0.3 is 30.1 Å². The molecule has 168 valence electrons. The molecule has 0 aromatic heterocycles. The summed E-state index contributed by atoms with van der Waals surface area (Å²) in [6.45, 7) is -2.25. The van der Waals surface area contributed by atoms with Crippen molar-refractivity contribution in [3.63, 3.8) is 0 Å². The second kappa shape index (κ2) is 8.11. The molecule has 1 aromatic carbocycles. The van der Waals surface area contributed by atoms with Crippen LogP contribution in [0.3, 0.4) is 0 Å². The predicted molar refractivity (Wildman–Crippen MR) is 73.3 cm³/mol. The third-order valence-electron chi connectivity index (χ3n) is 3.59. The molecular formula is C15H12F12O2. The van der Waals surface area contributed by atoms with Crippen molar-refractivity contribution in [3.05, 3.63) is 29.8 Å². The molecule has 1 rings (SSSR count). The Morgan fingerprint density at radius 2 is 1.24 bits per heavy atom. The van der Waals surface area contributed by atoms with Gasteiger partial charge in [-0.25, -0.2) is 0 Å². The van der Waals surface area contributed by atoms with E-state index in [1.54, 1.807) is 0 Å². The van der Waals surface area contributed by atoms with Crippen molar-refractivity contribution in [1.82, 2.24) is 0 Å². The molecule has 0 radical (unpaired) electrons. The molecule has 0 saturated heterocycles. The van der Waals surface area contributed by atoms with Gasteiger partial charge in [0, 0.05) is 6.42 Å². The quantitative estimate of drug-likeness (QED) is 0.439. The molecule has 0 spiro atoms. The van der Waals surface area contributed by atoms with E-state index in [4.69, 9.17) is 0 Å². The summed E-state index contributed by atoms with van der Waals surface area (Å²) in [6, 6.07) is 3.60. The maximum atomic E-state index is 13.8. The molecule has 0 heterocycles. The van der Waals surface area contributed by atoms with E-state index in [1.165, 1.54) is 0 Å². The molecule has 0 saturated carbocycles. The minimum atomic E-state index is -7.15. The van der Waals surface area contributed by atoms with Gasteiger partial charge in [0.15, 0.2) is 0 Å². The Kier molecular flexibility index (Phi) is 7.04. The molecular weight excluding hydrogens is 440 g/mol. The lowest BCUT2D eigenvalue weighted by Gasteiger charge is -2.35. The first-order valence-corrected chi connectivity index (χ1v) is 7.38. The summed E-state index contributed by atoms with van der Waals surface area (Å²) in [5, 5.41) is 0. The Balaban J connectivity index is 3.27. The molecule has 1 atom stereocenters. The van der Waals surface area contributed by atoms with Gasteiger partial charge in [0.25, 0.3) is 0 Å². The van der Waals surface area contributed by atoms with Gasteiger partial charge in [-0.3, -0.25) is 0 Å². The van der Waals surface area contributed by atoms with E-state index < -0.39 is 54.8 Å². The van der Waals surface area contributed by atoms with E-state index in [9.17, 15) is 52.7 Å². The summed E-state index contributed by atoms with van der Waals surface area (Å²) in [6.07, 6.45) is -17.3. The fourth-order valence-electron chi connectivity index (χ4n) is 2.06. The van der Waals surface area contributed by atoms with Crippen LogP contribution in [0.1, 0.15) is 18.1 Å². The van der Waals surface area contributed by atoms with E-state index in [2.05, 4.69) is 9.47 Å². The Labute approximate surface area is 155 Å². The molecule has 0 fully saturated rings. The maximum absolute atomic E-state index is 13.8. The number of alkyl halides is 12. The van der Waals surface area contributed by atoms with Crippen LogP contribution in [0.15, 0.2) is 24.3 Å². The molecule has 0 amide bonds. The van der Waals surface area contributed by atoms with Gasteiger partial charge in [-0.05, 0) is 17.7 Å². The first-order chi connectivity index (χ1) is 12.9. The molecule has 0 aliphatic carbocycles. The lowest BCUT2D eigenvalue weighted by Crippen LogP contribution is -2.61. The summed E-state index contributed by atoms with van der Waals surface area (Å²) < 4.78 is 163. The van der Waals surface area contributed by atoms with E-state index in [-0.39, 0.29) is 5.75 Å². The summed E-state index contributed by atoms with van der Waals surface area (Å²) in [5.41, 5.74) is -0.610. The summed E-state index contributed by atoms with van der Waals surface area (Å²) in [4.78, 5) is 0. The summed E-state index contributed by atoms with van der Waals surface area (Å²) in [5.74, 6) is -20.2. The van der Waals surface area contributed by atoms with Crippen molar-refractivity contribution in [1.29, 1.82) is 0 Å². The van der Waals surface area contributed by atoms with Crippen LogP contribution in [0.2, 0.25) is 0 Å². The molecule has 0 bridgehead atoms. The highest BCUT2D eigenvalue weighted by molar-refractivity contribution is 5.29. The fraction of sp³-hybridized carbons (Fsp3) is 0.600. The number of halogens is 12. The van der Waals surface area contributed by atoms with Crippen molar-refractivity contribution in [2.24, 2.45) is 0 Å². The Hall–Kier alpha value is -1.86. The lowest BCUT2D eigenvalue weighted by molar-refractivity contribution is -0.398. The van der Waals surface area contributed by atoms with Crippen molar-refractivity contribution in [2.45, 2.75) is 42.6 Å². The predicted octanol–water partition coefficient (Wildman–Crippen LogP) is 6.17. The number of ether oxygens (including phenoxy) is 2. The second-order valence-corrected chi connectivity index (χ2v) is 5.74. The Morgan fingerprint density at radius 3 is 1.62 bits per heavy atom. The highest BCUT2D eigenvalue weighted by Gasteiger charge is 2.81. The number of benzene rings is 1. The summed E-state index contributed by atoms with van der Waals surface area (Å²) >= 11 is 0. The van der Waals surface area contributed by atoms with E-state index in [1.807, 2.05) is 0 Å². The molecule has 2 nitrogen and oxygen atoms in total. The van der Waals surface area contributed by atoms with Crippen LogP contribution in [0.4, 0.5) is 52.7 Å². The van der Waals surface area contributed by atoms with Gasteiger partial charge in [-0.2, -0.15) is 52.7 Å². The van der Waals surface area contributed by atoms with Gasteiger partial charge in [-0.15, -0.1) is 0 Å². The minimum Gasteiger partial charge on any atom is -0.497 e. The van der Waals surface area contributed by atoms with Crippen molar-refractivity contribution >= 4 is 0 Å². The second-order valence-electron chi connectivity index (χ2n) is 5.74. The third-order valence-corrected chi connectivity index (χ3v) is 3.59. The first-order valence-electron chi connectivity index (χ1n) is 7.38. The molecule has 0 aliphatic heterocycles. The maximum Gasteiger partial charge on any atom is 0.460 e. The van der Waals surface area contributed by atoms with E-state index in [0.717, 1.165) is 31.4 Å². The summed E-state index contributed by atoms with van der Waals surface area (Å²) in [7, 11) is 1.15. The SMILES string of the molecule is COc1ccc(C(CC(F)(F)C(F)(F)C(F)(F)C(F)(F)F)OCC(F)(F)F)cc1. The van der Waals surface area contributed by atoms with Crippen LogP contribution in [0.25, 0.3) is 0 Å². The lowest BCUT2D eigenvalue weighted by atomic mass is 9.95. The highest BCUT2D eigenvalue weighted by atomic mass is 19.4. The van der Waals surface area contributed by atoms with Crippen LogP contribution in [0.5, 0.6) is 5.75 Å². The van der Waals surface area contributed by atoms with Gasteiger partial charge < -0.3 is 9.47 Å². The topological polar surface area (TPSA) is 18.5 Å². The first kappa shape index (κ1) is 25.2. The number of hydrogen-bond acceptors (Lipinski definition) is 2. The van der Waals surface area contributed by atoms with Crippen molar-refractivity contribution in [2.75, 3.05) is 13.7 Å². The zero-order valence-corrected chi connectivity index (χ0v) is 14.2. The number of methoxy groups -OCH3 is 1. The minimum absolute atomic E-state index is 0.0593. The fourth-order valence-corrected chi connectivity index (χ4v) is 2.06. The van der Waals surface area contributed by atoms with Crippen molar-refractivity contribution < 1.29 is 62.2 Å². The monoisotopic (exact) mass is 452 g/mol. The smallest absolute Gasteiger partial charge is 0.460 e. The molecule has 29 heavy (non-hydrogen) atoms. The normalized spacial score (nSPS) is 15.3. The van der Waals surface area contributed by atoms with Crippen LogP contribution in [-0.2, 0) is 4.74 Å². The average Bonchev–Trinajstić information content (AvgIpc) is 2.56. The number of hydrogen-bond donors (Lipinski definition) is 0. The van der Waals surface area contributed by atoms with Crippen LogP contribution in [0, 0.1) is 0 Å². The zero-order valence-electron chi connectivity index (χ0n) is 14.2. The molecule has 14 heteroatoms. The van der Waals surface area contributed by atoms with Gasteiger partial charge in [-0.1, -0.05) is 12.1 Å². The standard InChI is InChI=1S/C15H12F12O2/c1-28-9-4-2-8(3-5-9)10(29-7-12(18,19)20)6-11(16,17)13(21,22)14(23,24)15(25,26)27/h2-5,10H,6-7H2,1H3.